The number of hydrogen-bond acceptors (Lipinski definition) is 2. The summed E-state index contributed by atoms with van der Waals surface area (Å²) < 4.78 is 44.3. The van der Waals surface area contributed by atoms with Crippen LogP contribution in [0, 0.1) is 0 Å². The van der Waals surface area contributed by atoms with Crippen molar-refractivity contribution in [3.8, 4) is 16.9 Å². The second kappa shape index (κ2) is 9.07. The van der Waals surface area contributed by atoms with E-state index in [1.807, 2.05) is 42.5 Å². The molecule has 0 radical (unpaired) electrons. The Hall–Kier alpha value is -3.28. The lowest BCUT2D eigenvalue weighted by molar-refractivity contribution is -0.138. The van der Waals surface area contributed by atoms with E-state index in [1.54, 1.807) is 0 Å². The highest BCUT2D eigenvalue weighted by Gasteiger charge is 2.30. The fourth-order valence-electron chi connectivity index (χ4n) is 4.26. The van der Waals surface area contributed by atoms with E-state index in [-0.39, 0.29) is 12.3 Å². The van der Waals surface area contributed by atoms with Gasteiger partial charge in [0.1, 0.15) is 12.4 Å². The molecule has 0 spiro atoms. The van der Waals surface area contributed by atoms with Gasteiger partial charge in [-0.25, -0.2) is 0 Å². The van der Waals surface area contributed by atoms with E-state index in [4.69, 9.17) is 9.84 Å². The smallest absolute Gasteiger partial charge is 0.416 e. The molecule has 0 heterocycles. The molecule has 32 heavy (non-hydrogen) atoms. The maximum atomic E-state index is 12.8. The molecule has 0 saturated carbocycles. The fourth-order valence-corrected chi connectivity index (χ4v) is 4.26. The number of ether oxygens (including phenoxy) is 1. The monoisotopic (exact) mass is 440 g/mol. The molecule has 0 aliphatic heterocycles. The zero-order valence-electron chi connectivity index (χ0n) is 17.4. The third kappa shape index (κ3) is 5.13. The number of rotatable bonds is 6. The molecule has 3 nitrogen and oxygen atoms in total. The number of aryl methyl sites for hydroxylation is 1. The molecule has 3 aromatic carbocycles. The van der Waals surface area contributed by atoms with Crippen molar-refractivity contribution in [1.82, 2.24) is 0 Å². The van der Waals surface area contributed by atoms with Gasteiger partial charge in [-0.2, -0.15) is 13.2 Å². The highest BCUT2D eigenvalue weighted by molar-refractivity contribution is 5.68. The van der Waals surface area contributed by atoms with Crippen LogP contribution in [0.5, 0.6) is 5.75 Å². The average Bonchev–Trinajstić information content (AvgIpc) is 2.77. The van der Waals surface area contributed by atoms with Gasteiger partial charge in [0.25, 0.3) is 0 Å². The van der Waals surface area contributed by atoms with E-state index in [2.05, 4.69) is 0 Å². The molecule has 0 amide bonds. The van der Waals surface area contributed by atoms with Crippen LogP contribution in [0.3, 0.4) is 0 Å². The standard InChI is InChI=1S/C26H23F3O3/c27-26(28,29)22-9-7-18(8-10-22)19-4-1-3-17(13-19)16-32-23-11-12-24-20(14-23)5-2-6-21(24)15-25(30)31/h1,3-4,7-14,21H,2,5-6,15-16H2,(H,30,31). The average molecular weight is 440 g/mol. The first-order valence-electron chi connectivity index (χ1n) is 10.5. The van der Waals surface area contributed by atoms with Crippen LogP contribution in [0.4, 0.5) is 13.2 Å². The first-order valence-corrected chi connectivity index (χ1v) is 10.5. The minimum absolute atomic E-state index is 0.0470. The van der Waals surface area contributed by atoms with E-state index < -0.39 is 17.7 Å². The summed E-state index contributed by atoms with van der Waals surface area (Å²) >= 11 is 0. The minimum Gasteiger partial charge on any atom is -0.489 e. The lowest BCUT2D eigenvalue weighted by atomic mass is 9.81. The molecule has 0 aromatic heterocycles. The summed E-state index contributed by atoms with van der Waals surface area (Å²) in [6.07, 6.45) is -1.45. The highest BCUT2D eigenvalue weighted by atomic mass is 19.4. The van der Waals surface area contributed by atoms with Crippen molar-refractivity contribution in [3.63, 3.8) is 0 Å². The van der Waals surface area contributed by atoms with Gasteiger partial charge in [-0.1, -0.05) is 36.4 Å². The van der Waals surface area contributed by atoms with Crippen LogP contribution >= 0.6 is 0 Å². The fraction of sp³-hybridized carbons (Fsp3) is 0.269. The van der Waals surface area contributed by atoms with Gasteiger partial charge in [0.05, 0.1) is 12.0 Å². The molecule has 4 rings (SSSR count). The molecule has 1 aliphatic carbocycles. The number of fused-ring (bicyclic) bond motifs is 1. The van der Waals surface area contributed by atoms with Gasteiger partial charge in [0.2, 0.25) is 0 Å². The Morgan fingerprint density at radius 1 is 1.00 bits per heavy atom. The second-order valence-electron chi connectivity index (χ2n) is 8.11. The third-order valence-electron chi connectivity index (χ3n) is 5.85. The predicted molar refractivity (Wildman–Crippen MR) is 116 cm³/mol. The predicted octanol–water partition coefficient (Wildman–Crippen LogP) is 6.85. The number of hydrogen-bond donors (Lipinski definition) is 1. The van der Waals surface area contributed by atoms with E-state index >= 15 is 0 Å². The Labute approximate surface area is 184 Å². The Morgan fingerprint density at radius 3 is 2.50 bits per heavy atom. The Balaban J connectivity index is 1.45. The maximum Gasteiger partial charge on any atom is 0.416 e. The van der Waals surface area contributed by atoms with Crippen LogP contribution in [0.1, 0.15) is 47.4 Å². The van der Waals surface area contributed by atoms with Crippen molar-refractivity contribution < 1.29 is 27.8 Å². The van der Waals surface area contributed by atoms with Gasteiger partial charge in [0.15, 0.2) is 0 Å². The summed E-state index contributed by atoms with van der Waals surface area (Å²) in [5.41, 5.74) is 4.00. The second-order valence-corrected chi connectivity index (χ2v) is 8.11. The topological polar surface area (TPSA) is 46.5 Å². The number of alkyl halides is 3. The van der Waals surface area contributed by atoms with Crippen LogP contribution in [-0.2, 0) is 24.0 Å². The van der Waals surface area contributed by atoms with Gasteiger partial charge in [-0.05, 0) is 83.3 Å². The summed E-state index contributed by atoms with van der Waals surface area (Å²) in [5, 5.41) is 9.14. The van der Waals surface area contributed by atoms with E-state index in [9.17, 15) is 18.0 Å². The van der Waals surface area contributed by atoms with Gasteiger partial charge in [-0.3, -0.25) is 4.79 Å². The number of carbonyl (C=O) groups is 1. The molecule has 0 saturated heterocycles. The van der Waals surface area contributed by atoms with E-state index in [0.29, 0.717) is 12.2 Å². The summed E-state index contributed by atoms with van der Waals surface area (Å²) in [7, 11) is 0. The maximum absolute atomic E-state index is 12.8. The zero-order valence-corrected chi connectivity index (χ0v) is 17.4. The van der Waals surface area contributed by atoms with Crippen LogP contribution in [0.15, 0.2) is 66.7 Å². The van der Waals surface area contributed by atoms with Gasteiger partial charge in [0, 0.05) is 0 Å². The molecule has 1 atom stereocenters. The molecule has 0 fully saturated rings. The van der Waals surface area contributed by atoms with Crippen LogP contribution in [0.25, 0.3) is 11.1 Å². The lowest BCUT2D eigenvalue weighted by Gasteiger charge is -2.24. The highest BCUT2D eigenvalue weighted by Crippen LogP contribution is 2.36. The molecule has 166 valence electrons. The Kier molecular flexibility index (Phi) is 6.21. The number of halogens is 3. The normalized spacial score (nSPS) is 15.8. The van der Waals surface area contributed by atoms with Crippen molar-refractivity contribution in [2.75, 3.05) is 0 Å². The first-order chi connectivity index (χ1) is 15.3. The number of carboxylic acid groups (broad SMARTS) is 1. The van der Waals surface area contributed by atoms with Crippen molar-refractivity contribution in [1.29, 1.82) is 0 Å². The van der Waals surface area contributed by atoms with Crippen molar-refractivity contribution in [2.45, 2.75) is 44.4 Å². The molecule has 1 N–H and O–H groups in total. The SMILES string of the molecule is O=C(O)CC1CCCc2cc(OCc3cccc(-c4ccc(C(F)(F)F)cc4)c3)ccc21. The molecule has 6 heteroatoms. The number of aliphatic carboxylic acids is 1. The van der Waals surface area contributed by atoms with Crippen LogP contribution in [0.2, 0.25) is 0 Å². The molecule has 0 bridgehead atoms. The molecular formula is C26H23F3O3. The molecule has 1 aliphatic rings. The van der Waals surface area contributed by atoms with Crippen molar-refractivity contribution >= 4 is 5.97 Å². The Bertz CT molecular complexity index is 1100. The largest absolute Gasteiger partial charge is 0.489 e. The van der Waals surface area contributed by atoms with Crippen LogP contribution in [-0.4, -0.2) is 11.1 Å². The van der Waals surface area contributed by atoms with Crippen LogP contribution < -0.4 is 4.74 Å². The summed E-state index contributed by atoms with van der Waals surface area (Å²) in [6.45, 7) is 0.325. The lowest BCUT2D eigenvalue weighted by Crippen LogP contribution is -2.13. The Morgan fingerprint density at radius 2 is 1.78 bits per heavy atom. The summed E-state index contributed by atoms with van der Waals surface area (Å²) in [4.78, 5) is 11.1. The van der Waals surface area contributed by atoms with E-state index in [0.717, 1.165) is 59.4 Å². The van der Waals surface area contributed by atoms with Gasteiger partial charge >= 0.3 is 12.1 Å². The summed E-state index contributed by atoms with van der Waals surface area (Å²) in [5.74, 6) is -0.0125. The van der Waals surface area contributed by atoms with E-state index in [1.165, 1.54) is 12.1 Å². The van der Waals surface area contributed by atoms with Crippen molar-refractivity contribution in [2.24, 2.45) is 0 Å². The third-order valence-corrected chi connectivity index (χ3v) is 5.85. The molecule has 1 unspecified atom stereocenters. The van der Waals surface area contributed by atoms with Gasteiger partial charge in [-0.15, -0.1) is 0 Å². The minimum atomic E-state index is -4.35. The molecular weight excluding hydrogens is 417 g/mol. The number of carboxylic acids is 1. The molecule has 3 aromatic rings. The van der Waals surface area contributed by atoms with Gasteiger partial charge < -0.3 is 9.84 Å². The number of benzene rings is 3. The quantitative estimate of drug-likeness (QED) is 0.456. The van der Waals surface area contributed by atoms with Crippen molar-refractivity contribution in [3.05, 3.63) is 89.0 Å². The summed E-state index contributed by atoms with van der Waals surface area (Å²) in [6, 6.07) is 18.5. The zero-order chi connectivity index (χ0) is 22.7. The first kappa shape index (κ1) is 21.9.